The van der Waals surface area contributed by atoms with Gasteiger partial charge in [0.25, 0.3) is 5.56 Å². The lowest BCUT2D eigenvalue weighted by atomic mass is 10.1. The van der Waals surface area contributed by atoms with Crippen molar-refractivity contribution in [2.24, 2.45) is 5.92 Å². The average Bonchev–Trinajstić information content (AvgIpc) is 2.91. The van der Waals surface area contributed by atoms with Crippen molar-refractivity contribution in [3.05, 3.63) is 21.0 Å². The molecular weight excluding hydrogens is 320 g/mol. The summed E-state index contributed by atoms with van der Waals surface area (Å²) < 4.78 is 2.09. The van der Waals surface area contributed by atoms with Gasteiger partial charge in [0.05, 0.1) is 11.9 Å². The number of nitrogens with zero attached hydrogens (tertiary/aromatic N) is 3. The fraction of sp³-hybridized carbons (Fsp3) is 0.714. The second-order valence-electron chi connectivity index (χ2n) is 5.33. The standard InChI is InChI=1S/C14H23BrN4O/c1-3-6-19-14(20)13(15)12(9-17-19)16-8-11-5-7-18(4-2)10-11/h9,11,16H,3-8,10H2,1-2H3. The van der Waals surface area contributed by atoms with Gasteiger partial charge < -0.3 is 10.2 Å². The van der Waals surface area contributed by atoms with Crippen molar-refractivity contribution in [3.63, 3.8) is 0 Å². The van der Waals surface area contributed by atoms with E-state index in [0.29, 0.717) is 16.9 Å². The molecule has 1 aliphatic heterocycles. The summed E-state index contributed by atoms with van der Waals surface area (Å²) in [4.78, 5) is 14.5. The molecule has 1 aliphatic rings. The highest BCUT2D eigenvalue weighted by molar-refractivity contribution is 9.10. The molecule has 1 atom stereocenters. The van der Waals surface area contributed by atoms with Gasteiger partial charge in [-0.2, -0.15) is 5.10 Å². The lowest BCUT2D eigenvalue weighted by molar-refractivity contribution is 0.345. The van der Waals surface area contributed by atoms with Crippen LogP contribution in [0.15, 0.2) is 15.5 Å². The molecule has 1 N–H and O–H groups in total. The Morgan fingerprint density at radius 2 is 2.30 bits per heavy atom. The Hall–Kier alpha value is -0.880. The van der Waals surface area contributed by atoms with Gasteiger partial charge in [-0.3, -0.25) is 4.79 Å². The molecule has 0 spiro atoms. The number of hydrogen-bond donors (Lipinski definition) is 1. The first-order valence-corrected chi connectivity index (χ1v) is 8.16. The van der Waals surface area contributed by atoms with Crippen molar-refractivity contribution in [2.75, 3.05) is 31.5 Å². The Kier molecular flexibility index (Phi) is 5.60. The van der Waals surface area contributed by atoms with Crippen LogP contribution < -0.4 is 10.9 Å². The van der Waals surface area contributed by atoms with E-state index < -0.39 is 0 Å². The Morgan fingerprint density at radius 3 is 2.95 bits per heavy atom. The lowest BCUT2D eigenvalue weighted by Crippen LogP contribution is -2.26. The van der Waals surface area contributed by atoms with E-state index in [0.717, 1.165) is 31.7 Å². The summed E-state index contributed by atoms with van der Waals surface area (Å²) in [6.45, 7) is 9.23. The second kappa shape index (κ2) is 7.22. The molecule has 1 saturated heterocycles. The SMILES string of the molecule is CCCn1ncc(NCC2CCN(CC)C2)c(Br)c1=O. The van der Waals surface area contributed by atoms with E-state index in [1.54, 1.807) is 6.20 Å². The quantitative estimate of drug-likeness (QED) is 0.860. The summed E-state index contributed by atoms with van der Waals surface area (Å²) in [5, 5.41) is 7.57. The molecule has 20 heavy (non-hydrogen) atoms. The maximum atomic E-state index is 12.1. The highest BCUT2D eigenvalue weighted by atomic mass is 79.9. The van der Waals surface area contributed by atoms with Crippen LogP contribution in [0.4, 0.5) is 5.69 Å². The number of anilines is 1. The molecular formula is C14H23BrN4O. The van der Waals surface area contributed by atoms with E-state index in [9.17, 15) is 4.79 Å². The maximum Gasteiger partial charge on any atom is 0.283 e. The minimum absolute atomic E-state index is 0.0570. The first kappa shape index (κ1) is 15.5. The Bertz CT molecular complexity index is 502. The topological polar surface area (TPSA) is 50.2 Å². The van der Waals surface area contributed by atoms with Crippen LogP contribution in [0.25, 0.3) is 0 Å². The molecule has 0 saturated carbocycles. The number of nitrogens with one attached hydrogen (secondary N) is 1. The summed E-state index contributed by atoms with van der Waals surface area (Å²) in [6.07, 6.45) is 3.87. The molecule has 2 rings (SSSR count). The van der Waals surface area contributed by atoms with Crippen LogP contribution in [-0.2, 0) is 6.54 Å². The van der Waals surface area contributed by atoms with Crippen molar-refractivity contribution in [1.29, 1.82) is 0 Å². The molecule has 0 radical (unpaired) electrons. The molecule has 1 aromatic heterocycles. The Labute approximate surface area is 128 Å². The molecule has 112 valence electrons. The summed E-state index contributed by atoms with van der Waals surface area (Å²) in [5.74, 6) is 0.653. The van der Waals surface area contributed by atoms with Crippen LogP contribution in [0.3, 0.4) is 0 Å². The zero-order valence-electron chi connectivity index (χ0n) is 12.2. The van der Waals surface area contributed by atoms with Gasteiger partial charge in [-0.15, -0.1) is 0 Å². The Morgan fingerprint density at radius 1 is 1.50 bits per heavy atom. The average molecular weight is 343 g/mol. The zero-order valence-corrected chi connectivity index (χ0v) is 13.8. The molecule has 0 bridgehead atoms. The smallest absolute Gasteiger partial charge is 0.283 e. The third-order valence-corrected chi connectivity index (χ3v) is 4.59. The molecule has 0 aliphatic carbocycles. The molecule has 1 unspecified atom stereocenters. The first-order chi connectivity index (χ1) is 9.65. The van der Waals surface area contributed by atoms with Crippen LogP contribution in [-0.4, -0.2) is 40.9 Å². The zero-order chi connectivity index (χ0) is 14.5. The first-order valence-electron chi connectivity index (χ1n) is 7.37. The van der Waals surface area contributed by atoms with Gasteiger partial charge in [-0.05, 0) is 47.8 Å². The van der Waals surface area contributed by atoms with Crippen LogP contribution >= 0.6 is 15.9 Å². The largest absolute Gasteiger partial charge is 0.382 e. The van der Waals surface area contributed by atoms with E-state index in [1.807, 2.05) is 6.92 Å². The summed E-state index contributed by atoms with van der Waals surface area (Å²) >= 11 is 3.39. The summed E-state index contributed by atoms with van der Waals surface area (Å²) in [7, 11) is 0. The van der Waals surface area contributed by atoms with Gasteiger partial charge in [0.15, 0.2) is 0 Å². The molecule has 1 aromatic rings. The third-order valence-electron chi connectivity index (χ3n) is 3.82. The highest BCUT2D eigenvalue weighted by Crippen LogP contribution is 2.20. The molecule has 2 heterocycles. The van der Waals surface area contributed by atoms with Gasteiger partial charge in [0.1, 0.15) is 4.47 Å². The number of likely N-dealkylation sites (tertiary alicyclic amines) is 1. The number of aromatic nitrogens is 2. The normalized spacial score (nSPS) is 19.4. The van der Waals surface area contributed by atoms with Gasteiger partial charge in [0, 0.05) is 19.6 Å². The van der Waals surface area contributed by atoms with Crippen LogP contribution in [0.5, 0.6) is 0 Å². The number of halogens is 1. The van der Waals surface area contributed by atoms with Gasteiger partial charge in [-0.1, -0.05) is 13.8 Å². The monoisotopic (exact) mass is 342 g/mol. The molecule has 6 heteroatoms. The van der Waals surface area contributed by atoms with Crippen molar-refractivity contribution < 1.29 is 0 Å². The summed E-state index contributed by atoms with van der Waals surface area (Å²) in [6, 6.07) is 0. The Balaban J connectivity index is 1.97. The van der Waals surface area contributed by atoms with Crippen molar-refractivity contribution >= 4 is 21.6 Å². The lowest BCUT2D eigenvalue weighted by Gasteiger charge is -2.15. The molecule has 1 fully saturated rings. The maximum absolute atomic E-state index is 12.1. The van der Waals surface area contributed by atoms with Crippen molar-refractivity contribution in [2.45, 2.75) is 33.2 Å². The number of aryl methyl sites for hydroxylation is 1. The number of hydrogen-bond acceptors (Lipinski definition) is 4. The van der Waals surface area contributed by atoms with Gasteiger partial charge >= 0.3 is 0 Å². The highest BCUT2D eigenvalue weighted by Gasteiger charge is 2.21. The van der Waals surface area contributed by atoms with Crippen LogP contribution in [0.1, 0.15) is 26.7 Å². The van der Waals surface area contributed by atoms with Crippen molar-refractivity contribution in [3.8, 4) is 0 Å². The fourth-order valence-electron chi connectivity index (χ4n) is 2.58. The fourth-order valence-corrected chi connectivity index (χ4v) is 3.03. The van der Waals surface area contributed by atoms with Crippen LogP contribution in [0.2, 0.25) is 0 Å². The van der Waals surface area contributed by atoms with E-state index in [2.05, 4.69) is 38.2 Å². The van der Waals surface area contributed by atoms with Gasteiger partial charge in [0.2, 0.25) is 0 Å². The summed E-state index contributed by atoms with van der Waals surface area (Å²) in [5.41, 5.74) is 0.746. The predicted molar refractivity (Wildman–Crippen MR) is 85.2 cm³/mol. The third kappa shape index (κ3) is 3.61. The number of rotatable bonds is 6. The molecule has 0 amide bonds. The van der Waals surface area contributed by atoms with E-state index >= 15 is 0 Å². The minimum Gasteiger partial charge on any atom is -0.382 e. The predicted octanol–water partition coefficient (Wildman–Crippen LogP) is 2.17. The second-order valence-corrected chi connectivity index (χ2v) is 6.12. The minimum atomic E-state index is -0.0570. The van der Waals surface area contributed by atoms with Crippen LogP contribution in [0, 0.1) is 5.92 Å². The van der Waals surface area contributed by atoms with E-state index in [-0.39, 0.29) is 5.56 Å². The van der Waals surface area contributed by atoms with Crippen molar-refractivity contribution in [1.82, 2.24) is 14.7 Å². The molecule has 5 nitrogen and oxygen atoms in total. The van der Waals surface area contributed by atoms with E-state index in [4.69, 9.17) is 0 Å². The van der Waals surface area contributed by atoms with Gasteiger partial charge in [-0.25, -0.2) is 4.68 Å². The molecule has 0 aromatic carbocycles. The van der Waals surface area contributed by atoms with E-state index in [1.165, 1.54) is 17.6 Å².